The molecular weight excluding hydrogens is 450 g/mol. The molecule has 0 N–H and O–H groups in total. The first-order valence-corrected chi connectivity index (χ1v) is 14.0. The van der Waals surface area contributed by atoms with Crippen LogP contribution in [-0.2, 0) is 16.0 Å². The van der Waals surface area contributed by atoms with Crippen LogP contribution in [0.4, 0.5) is 4.79 Å². The fraction of sp³-hybridized carbons (Fsp3) is 0.700. The van der Waals surface area contributed by atoms with Gasteiger partial charge in [0.2, 0.25) is 0 Å². The van der Waals surface area contributed by atoms with E-state index in [2.05, 4.69) is 66.7 Å². The van der Waals surface area contributed by atoms with Crippen LogP contribution in [-0.4, -0.2) is 78.9 Å². The Labute approximate surface area is 217 Å². The zero-order valence-corrected chi connectivity index (χ0v) is 23.1. The molecule has 4 unspecified atom stereocenters. The second-order valence-corrected chi connectivity index (χ2v) is 11.8. The normalized spacial score (nSPS) is 32.3. The summed E-state index contributed by atoms with van der Waals surface area (Å²) in [5, 5.41) is 0. The highest BCUT2D eigenvalue weighted by atomic mass is 16.5. The van der Waals surface area contributed by atoms with Crippen molar-refractivity contribution in [1.82, 2.24) is 14.7 Å². The Hall–Kier alpha value is -1.89. The summed E-state index contributed by atoms with van der Waals surface area (Å²) < 4.78 is 11.8. The van der Waals surface area contributed by atoms with Crippen molar-refractivity contribution in [2.75, 3.05) is 40.4 Å². The van der Waals surface area contributed by atoms with E-state index >= 15 is 0 Å². The molecule has 3 aliphatic heterocycles. The molecule has 2 amide bonds. The summed E-state index contributed by atoms with van der Waals surface area (Å²) in [6.45, 7) is 13.4. The summed E-state index contributed by atoms with van der Waals surface area (Å²) in [6, 6.07) is 7.07. The van der Waals surface area contributed by atoms with Crippen LogP contribution in [0.25, 0.3) is 0 Å². The van der Waals surface area contributed by atoms with Crippen molar-refractivity contribution < 1.29 is 14.3 Å². The first kappa shape index (κ1) is 25.7. The standard InChI is InChI=1S/C30H45N3O3/c1-7-33-29(34)32-19-24-16-25(35-5)17-26(36-6)28(24)22(4)15-27(32)30(33)8-10-31(11-9-30)18-23-13-20(2)12-21(3)14-23/h12-15,22,24-26,28H,7-11,16-19H2,1-6H3/t22?,24?,25-,26?,28?/m0/s1. The molecule has 5 rings (SSSR count). The van der Waals surface area contributed by atoms with E-state index in [0.29, 0.717) is 17.8 Å². The number of rotatable bonds is 5. The van der Waals surface area contributed by atoms with Gasteiger partial charge in [-0.05, 0) is 63.4 Å². The highest BCUT2D eigenvalue weighted by Gasteiger charge is 2.56. The Kier molecular flexibility index (Phi) is 7.23. The molecule has 36 heavy (non-hydrogen) atoms. The van der Waals surface area contributed by atoms with Gasteiger partial charge in [-0.15, -0.1) is 0 Å². The molecular formula is C30H45N3O3. The van der Waals surface area contributed by atoms with E-state index in [0.717, 1.165) is 58.4 Å². The molecule has 3 heterocycles. The lowest BCUT2D eigenvalue weighted by Crippen LogP contribution is -2.53. The number of likely N-dealkylation sites (tertiary alicyclic amines) is 1. The van der Waals surface area contributed by atoms with E-state index < -0.39 is 0 Å². The fourth-order valence-corrected chi connectivity index (χ4v) is 8.02. The van der Waals surface area contributed by atoms with Crippen LogP contribution >= 0.6 is 0 Å². The number of methoxy groups -OCH3 is 2. The molecule has 0 radical (unpaired) electrons. The summed E-state index contributed by atoms with van der Waals surface area (Å²) in [6.07, 6.45) is 6.76. The lowest BCUT2D eigenvalue weighted by molar-refractivity contribution is -0.0780. The Balaban J connectivity index is 1.40. The van der Waals surface area contributed by atoms with Gasteiger partial charge in [0.25, 0.3) is 0 Å². The number of aryl methyl sites for hydroxylation is 2. The van der Waals surface area contributed by atoms with E-state index in [1.165, 1.54) is 22.4 Å². The largest absolute Gasteiger partial charge is 0.381 e. The number of piperidine rings is 1. The van der Waals surface area contributed by atoms with Gasteiger partial charge in [-0.1, -0.05) is 42.3 Å². The van der Waals surface area contributed by atoms with Crippen molar-refractivity contribution in [3.8, 4) is 0 Å². The third-order valence-corrected chi connectivity index (χ3v) is 9.55. The van der Waals surface area contributed by atoms with Gasteiger partial charge >= 0.3 is 6.03 Å². The number of amides is 2. The molecule has 1 aromatic carbocycles. The number of benzene rings is 1. The van der Waals surface area contributed by atoms with Gasteiger partial charge in [-0.25, -0.2) is 4.79 Å². The van der Waals surface area contributed by atoms with Gasteiger partial charge in [0, 0.05) is 59.1 Å². The fourth-order valence-electron chi connectivity index (χ4n) is 8.02. The number of hydrogen-bond acceptors (Lipinski definition) is 4. The quantitative estimate of drug-likeness (QED) is 0.578. The molecule has 2 saturated heterocycles. The second-order valence-electron chi connectivity index (χ2n) is 11.8. The molecule has 1 aromatic rings. The Morgan fingerprint density at radius 3 is 2.33 bits per heavy atom. The van der Waals surface area contributed by atoms with E-state index in [4.69, 9.17) is 9.47 Å². The third kappa shape index (κ3) is 4.39. The number of carbonyl (C=O) groups excluding carboxylic acids is 1. The van der Waals surface area contributed by atoms with Crippen LogP contribution < -0.4 is 0 Å². The summed E-state index contributed by atoms with van der Waals surface area (Å²) in [5.41, 5.74) is 5.14. The first-order valence-electron chi connectivity index (χ1n) is 14.0. The number of hydrogen-bond donors (Lipinski definition) is 0. The maximum atomic E-state index is 13.9. The maximum Gasteiger partial charge on any atom is 0.325 e. The third-order valence-electron chi connectivity index (χ3n) is 9.55. The van der Waals surface area contributed by atoms with Crippen molar-refractivity contribution in [3.63, 3.8) is 0 Å². The molecule has 3 fully saturated rings. The molecule has 1 spiro atoms. The number of urea groups is 1. The van der Waals surface area contributed by atoms with Crippen molar-refractivity contribution in [2.45, 2.75) is 77.7 Å². The average molecular weight is 496 g/mol. The molecule has 4 aliphatic rings. The average Bonchev–Trinajstić information content (AvgIpc) is 2.95. The number of likely N-dealkylation sites (N-methyl/N-ethyl adjacent to an activating group) is 1. The van der Waals surface area contributed by atoms with Gasteiger partial charge in [-0.3, -0.25) is 9.80 Å². The minimum Gasteiger partial charge on any atom is -0.381 e. The van der Waals surface area contributed by atoms with Crippen LogP contribution in [0.1, 0.15) is 56.2 Å². The molecule has 0 bridgehead atoms. The van der Waals surface area contributed by atoms with Crippen LogP contribution in [0.2, 0.25) is 0 Å². The number of fused-ring (bicyclic) bond motifs is 3. The summed E-state index contributed by atoms with van der Waals surface area (Å²) >= 11 is 0. The zero-order chi connectivity index (χ0) is 25.6. The highest BCUT2D eigenvalue weighted by molar-refractivity contribution is 5.82. The SMILES string of the molecule is CCN1C(=O)N2CC3C[C@H](OC)CC(OC)C3C(C)C=C2C12CCN(Cc1cc(C)cc(C)c1)CC2. The molecule has 5 atom stereocenters. The topological polar surface area (TPSA) is 45.3 Å². The van der Waals surface area contributed by atoms with Crippen molar-refractivity contribution in [1.29, 1.82) is 0 Å². The number of carbonyl (C=O) groups is 1. The number of ether oxygens (including phenoxy) is 2. The lowest BCUT2D eigenvalue weighted by atomic mass is 9.70. The minimum absolute atomic E-state index is 0.175. The number of nitrogens with zero attached hydrogens (tertiary/aromatic N) is 3. The van der Waals surface area contributed by atoms with Gasteiger partial charge in [0.05, 0.1) is 17.7 Å². The number of allylic oxidation sites excluding steroid dienone is 1. The van der Waals surface area contributed by atoms with E-state index in [1.54, 1.807) is 0 Å². The monoisotopic (exact) mass is 495 g/mol. The van der Waals surface area contributed by atoms with Crippen LogP contribution in [0.15, 0.2) is 30.0 Å². The van der Waals surface area contributed by atoms with Crippen LogP contribution in [0.3, 0.4) is 0 Å². The Bertz CT molecular complexity index is 979. The zero-order valence-electron chi connectivity index (χ0n) is 23.1. The van der Waals surface area contributed by atoms with Crippen LogP contribution in [0.5, 0.6) is 0 Å². The predicted octanol–water partition coefficient (Wildman–Crippen LogP) is 4.99. The van der Waals surface area contributed by atoms with E-state index in [1.807, 2.05) is 14.2 Å². The molecule has 0 aromatic heterocycles. The summed E-state index contributed by atoms with van der Waals surface area (Å²) in [5.74, 6) is 1.18. The molecule has 198 valence electrons. The van der Waals surface area contributed by atoms with Gasteiger partial charge < -0.3 is 14.4 Å². The van der Waals surface area contributed by atoms with Crippen molar-refractivity contribution in [3.05, 3.63) is 46.7 Å². The molecule has 6 nitrogen and oxygen atoms in total. The molecule has 6 heteroatoms. The molecule has 1 aliphatic carbocycles. The van der Waals surface area contributed by atoms with Crippen molar-refractivity contribution in [2.24, 2.45) is 17.8 Å². The van der Waals surface area contributed by atoms with Gasteiger partial charge in [0.1, 0.15) is 0 Å². The van der Waals surface area contributed by atoms with Crippen molar-refractivity contribution >= 4 is 6.03 Å². The first-order chi connectivity index (χ1) is 17.3. The summed E-state index contributed by atoms with van der Waals surface area (Å²) in [4.78, 5) is 20.8. The highest BCUT2D eigenvalue weighted by Crippen LogP contribution is 2.49. The minimum atomic E-state index is -0.185. The predicted molar refractivity (Wildman–Crippen MR) is 143 cm³/mol. The molecule has 1 saturated carbocycles. The Morgan fingerprint density at radius 2 is 1.72 bits per heavy atom. The van der Waals surface area contributed by atoms with Gasteiger partial charge in [-0.2, -0.15) is 0 Å². The Morgan fingerprint density at radius 1 is 1.03 bits per heavy atom. The lowest BCUT2D eigenvalue weighted by Gasteiger charge is -2.44. The second kappa shape index (κ2) is 10.1. The van der Waals surface area contributed by atoms with E-state index in [-0.39, 0.29) is 23.8 Å². The van der Waals surface area contributed by atoms with E-state index in [9.17, 15) is 4.79 Å². The maximum absolute atomic E-state index is 13.9. The smallest absolute Gasteiger partial charge is 0.325 e. The van der Waals surface area contributed by atoms with Gasteiger partial charge in [0.15, 0.2) is 0 Å². The van der Waals surface area contributed by atoms with Crippen LogP contribution in [0, 0.1) is 31.6 Å². The summed E-state index contributed by atoms with van der Waals surface area (Å²) in [7, 11) is 3.64.